The van der Waals surface area contributed by atoms with Crippen molar-refractivity contribution in [3.05, 3.63) is 48.4 Å². The van der Waals surface area contributed by atoms with Crippen LogP contribution in [0.4, 0.5) is 5.69 Å². The molecule has 0 saturated carbocycles. The third kappa shape index (κ3) is 4.01. The summed E-state index contributed by atoms with van der Waals surface area (Å²) < 4.78 is 5.00. The molecular weight excluding hydrogens is 312 g/mol. The maximum Gasteiger partial charge on any atom is 0.234 e. The molecule has 2 heterocycles. The van der Waals surface area contributed by atoms with Gasteiger partial charge in [-0.05, 0) is 30.2 Å². The molecule has 0 spiro atoms. The molecule has 0 saturated heterocycles. The van der Waals surface area contributed by atoms with Crippen LogP contribution >= 0.6 is 11.8 Å². The Hall–Kier alpha value is -2.54. The van der Waals surface area contributed by atoms with E-state index < -0.39 is 0 Å². The van der Waals surface area contributed by atoms with Gasteiger partial charge in [0.05, 0.1) is 17.6 Å². The summed E-state index contributed by atoms with van der Waals surface area (Å²) in [4.78, 5) is 16.3. The van der Waals surface area contributed by atoms with Gasteiger partial charge in [0, 0.05) is 5.69 Å². The molecule has 0 atom stereocenters. The summed E-state index contributed by atoms with van der Waals surface area (Å²) in [7, 11) is 0. The van der Waals surface area contributed by atoms with E-state index in [9.17, 15) is 4.79 Å². The van der Waals surface area contributed by atoms with Crippen LogP contribution in [0.15, 0.2) is 52.4 Å². The first-order valence-electron chi connectivity index (χ1n) is 7.21. The molecule has 0 radical (unpaired) electrons. The molecule has 3 rings (SSSR count). The SMILES string of the molecule is CCc1ccc(NC(=O)CSc2n[nH]c(-c3ccoc3)n2)cc1. The van der Waals surface area contributed by atoms with E-state index in [-0.39, 0.29) is 11.7 Å². The number of thioether (sulfide) groups is 1. The fraction of sp³-hybridized carbons (Fsp3) is 0.188. The Bertz CT molecular complexity index is 766. The van der Waals surface area contributed by atoms with E-state index in [1.807, 2.05) is 24.3 Å². The van der Waals surface area contributed by atoms with E-state index in [0.717, 1.165) is 17.7 Å². The molecule has 118 valence electrons. The maximum atomic E-state index is 12.0. The molecule has 1 amide bonds. The number of nitrogens with zero attached hydrogens (tertiary/aromatic N) is 2. The van der Waals surface area contributed by atoms with Gasteiger partial charge in [0.15, 0.2) is 5.82 Å². The molecule has 3 aromatic rings. The van der Waals surface area contributed by atoms with Crippen molar-refractivity contribution in [2.45, 2.75) is 18.5 Å². The fourth-order valence-electron chi connectivity index (χ4n) is 1.99. The predicted molar refractivity (Wildman–Crippen MR) is 89.3 cm³/mol. The van der Waals surface area contributed by atoms with E-state index in [1.54, 1.807) is 18.6 Å². The Balaban J connectivity index is 1.52. The molecule has 0 unspecified atom stereocenters. The average Bonchev–Trinajstić information content (AvgIpc) is 3.25. The lowest BCUT2D eigenvalue weighted by atomic mass is 10.1. The Morgan fingerprint density at radius 1 is 1.30 bits per heavy atom. The number of aryl methyl sites for hydroxylation is 1. The van der Waals surface area contributed by atoms with Crippen LogP contribution in [0.1, 0.15) is 12.5 Å². The molecular formula is C16H16N4O2S. The molecule has 0 bridgehead atoms. The summed E-state index contributed by atoms with van der Waals surface area (Å²) in [5.41, 5.74) is 2.86. The third-order valence-electron chi connectivity index (χ3n) is 3.24. The lowest BCUT2D eigenvalue weighted by Gasteiger charge is -2.04. The first-order valence-corrected chi connectivity index (χ1v) is 8.19. The van der Waals surface area contributed by atoms with Gasteiger partial charge in [0.25, 0.3) is 0 Å². The lowest BCUT2D eigenvalue weighted by molar-refractivity contribution is -0.113. The Morgan fingerprint density at radius 2 is 2.13 bits per heavy atom. The van der Waals surface area contributed by atoms with Gasteiger partial charge in [-0.2, -0.15) is 0 Å². The van der Waals surface area contributed by atoms with Gasteiger partial charge >= 0.3 is 0 Å². The van der Waals surface area contributed by atoms with Crippen molar-refractivity contribution < 1.29 is 9.21 Å². The Labute approximate surface area is 137 Å². The lowest BCUT2D eigenvalue weighted by Crippen LogP contribution is -2.14. The van der Waals surface area contributed by atoms with Crippen molar-refractivity contribution in [3.8, 4) is 11.4 Å². The van der Waals surface area contributed by atoms with Crippen LogP contribution in [0, 0.1) is 0 Å². The molecule has 6 nitrogen and oxygen atoms in total. The number of H-pyrrole nitrogens is 1. The second-order valence-electron chi connectivity index (χ2n) is 4.87. The van der Waals surface area contributed by atoms with E-state index in [0.29, 0.717) is 11.0 Å². The summed E-state index contributed by atoms with van der Waals surface area (Å²) in [6.45, 7) is 2.10. The van der Waals surface area contributed by atoms with Crippen LogP contribution in [0.2, 0.25) is 0 Å². The van der Waals surface area contributed by atoms with Gasteiger partial charge in [0.1, 0.15) is 6.26 Å². The highest BCUT2D eigenvalue weighted by atomic mass is 32.2. The molecule has 0 aliphatic heterocycles. The van der Waals surface area contributed by atoms with Gasteiger partial charge in [-0.15, -0.1) is 5.10 Å². The number of hydrogen-bond acceptors (Lipinski definition) is 5. The Morgan fingerprint density at radius 3 is 2.83 bits per heavy atom. The van der Waals surface area contributed by atoms with Crippen molar-refractivity contribution in [1.82, 2.24) is 15.2 Å². The third-order valence-corrected chi connectivity index (χ3v) is 4.09. The summed E-state index contributed by atoms with van der Waals surface area (Å²) in [6, 6.07) is 9.63. The normalized spacial score (nSPS) is 10.7. The first-order chi connectivity index (χ1) is 11.2. The number of carbonyl (C=O) groups is 1. The summed E-state index contributed by atoms with van der Waals surface area (Å²) in [5.74, 6) is 0.781. The van der Waals surface area contributed by atoms with Crippen LogP contribution in [0.5, 0.6) is 0 Å². The van der Waals surface area contributed by atoms with E-state index in [4.69, 9.17) is 4.42 Å². The topological polar surface area (TPSA) is 83.8 Å². The monoisotopic (exact) mass is 328 g/mol. The second-order valence-corrected chi connectivity index (χ2v) is 5.81. The van der Waals surface area contributed by atoms with Crippen LogP contribution < -0.4 is 5.32 Å². The van der Waals surface area contributed by atoms with E-state index in [1.165, 1.54) is 17.3 Å². The molecule has 0 aliphatic carbocycles. The number of rotatable bonds is 6. The number of anilines is 1. The second kappa shape index (κ2) is 7.15. The summed E-state index contributed by atoms with van der Waals surface area (Å²) >= 11 is 1.28. The van der Waals surface area contributed by atoms with E-state index >= 15 is 0 Å². The standard InChI is InChI=1S/C16H16N4O2S/c1-2-11-3-5-13(6-4-11)17-14(21)10-23-16-18-15(19-20-16)12-7-8-22-9-12/h3-9H,2,10H2,1H3,(H,17,21)(H,18,19,20). The fourth-order valence-corrected chi connectivity index (χ4v) is 2.59. The number of carbonyl (C=O) groups excluding carboxylic acids is 1. The number of furan rings is 1. The Kier molecular flexibility index (Phi) is 4.77. The smallest absolute Gasteiger partial charge is 0.234 e. The molecule has 2 N–H and O–H groups in total. The molecule has 23 heavy (non-hydrogen) atoms. The number of nitrogens with one attached hydrogen (secondary N) is 2. The van der Waals surface area contributed by atoms with Gasteiger partial charge < -0.3 is 9.73 Å². The van der Waals surface area contributed by atoms with Crippen molar-refractivity contribution in [3.63, 3.8) is 0 Å². The van der Waals surface area contributed by atoms with Gasteiger partial charge in [-0.25, -0.2) is 4.98 Å². The minimum atomic E-state index is -0.0890. The molecule has 0 aliphatic rings. The van der Waals surface area contributed by atoms with Crippen molar-refractivity contribution in [2.75, 3.05) is 11.1 Å². The van der Waals surface area contributed by atoms with Crippen molar-refractivity contribution in [2.24, 2.45) is 0 Å². The first kappa shape index (κ1) is 15.4. The summed E-state index contributed by atoms with van der Waals surface area (Å²) in [5, 5.41) is 10.3. The van der Waals surface area contributed by atoms with Gasteiger partial charge in [-0.1, -0.05) is 30.8 Å². The highest BCUT2D eigenvalue weighted by molar-refractivity contribution is 7.99. The highest BCUT2D eigenvalue weighted by Crippen LogP contribution is 2.19. The predicted octanol–water partition coefficient (Wildman–Crippen LogP) is 3.36. The van der Waals surface area contributed by atoms with Gasteiger partial charge in [0.2, 0.25) is 11.1 Å². The minimum Gasteiger partial charge on any atom is -0.472 e. The zero-order valence-electron chi connectivity index (χ0n) is 12.6. The quantitative estimate of drug-likeness (QED) is 0.678. The highest BCUT2D eigenvalue weighted by Gasteiger charge is 2.10. The van der Waals surface area contributed by atoms with Gasteiger partial charge in [-0.3, -0.25) is 9.89 Å². The number of hydrogen-bond donors (Lipinski definition) is 2. The van der Waals surface area contributed by atoms with Crippen LogP contribution in [0.3, 0.4) is 0 Å². The van der Waals surface area contributed by atoms with Crippen LogP contribution in [-0.2, 0) is 11.2 Å². The number of benzene rings is 1. The number of amides is 1. The molecule has 2 aromatic heterocycles. The van der Waals surface area contributed by atoms with Crippen molar-refractivity contribution >= 4 is 23.4 Å². The number of aromatic amines is 1. The summed E-state index contributed by atoms with van der Waals surface area (Å²) in [6.07, 6.45) is 4.14. The van der Waals surface area contributed by atoms with Crippen LogP contribution in [0.25, 0.3) is 11.4 Å². The zero-order valence-corrected chi connectivity index (χ0v) is 13.4. The number of aromatic nitrogens is 3. The molecule has 1 aromatic carbocycles. The minimum absolute atomic E-state index is 0.0890. The average molecular weight is 328 g/mol. The molecule has 0 fully saturated rings. The zero-order chi connectivity index (χ0) is 16.1. The maximum absolute atomic E-state index is 12.0. The van der Waals surface area contributed by atoms with Crippen LogP contribution in [-0.4, -0.2) is 26.8 Å². The van der Waals surface area contributed by atoms with E-state index in [2.05, 4.69) is 27.4 Å². The molecule has 7 heteroatoms. The largest absolute Gasteiger partial charge is 0.472 e. The van der Waals surface area contributed by atoms with Crippen molar-refractivity contribution in [1.29, 1.82) is 0 Å².